The number of nitrogens with one attached hydrogen (secondary N) is 1. The van der Waals surface area contributed by atoms with Gasteiger partial charge in [-0.25, -0.2) is 0 Å². The van der Waals surface area contributed by atoms with Gasteiger partial charge < -0.3 is 5.32 Å². The third kappa shape index (κ3) is 3.19. The van der Waals surface area contributed by atoms with E-state index in [9.17, 15) is 0 Å². The summed E-state index contributed by atoms with van der Waals surface area (Å²) in [6, 6.07) is 15.3. The van der Waals surface area contributed by atoms with Crippen LogP contribution in [0.25, 0.3) is 0 Å². The molecule has 0 fully saturated rings. The number of thiophene rings is 1. The van der Waals surface area contributed by atoms with Crippen molar-refractivity contribution >= 4 is 11.3 Å². The van der Waals surface area contributed by atoms with Crippen LogP contribution in [0.2, 0.25) is 0 Å². The molecule has 1 N–H and O–H groups in total. The van der Waals surface area contributed by atoms with E-state index in [-0.39, 0.29) is 0 Å². The van der Waals surface area contributed by atoms with Crippen LogP contribution in [0.3, 0.4) is 0 Å². The van der Waals surface area contributed by atoms with Crippen molar-refractivity contribution in [2.75, 3.05) is 6.54 Å². The van der Waals surface area contributed by atoms with Crippen molar-refractivity contribution in [2.45, 2.75) is 19.4 Å². The fraction of sp³-hybridized carbons (Fsp3) is 0.286. The number of hydrogen-bond acceptors (Lipinski definition) is 2. The normalized spacial score (nSPS) is 12.6. The van der Waals surface area contributed by atoms with Crippen molar-refractivity contribution in [3.05, 3.63) is 58.3 Å². The maximum Gasteiger partial charge on any atom is 0.0291 e. The van der Waals surface area contributed by atoms with E-state index in [0.29, 0.717) is 6.04 Å². The van der Waals surface area contributed by atoms with Gasteiger partial charge in [0.15, 0.2) is 0 Å². The van der Waals surface area contributed by atoms with Crippen molar-refractivity contribution in [2.24, 2.45) is 0 Å². The Kier molecular flexibility index (Phi) is 4.14. The van der Waals surface area contributed by atoms with E-state index in [4.69, 9.17) is 0 Å². The van der Waals surface area contributed by atoms with Crippen LogP contribution in [-0.4, -0.2) is 6.54 Å². The van der Waals surface area contributed by atoms with E-state index in [1.54, 1.807) is 0 Å². The number of benzene rings is 1. The molecule has 1 aromatic heterocycles. The Morgan fingerprint density at radius 3 is 2.62 bits per heavy atom. The molecule has 0 spiro atoms. The SMILES string of the molecule is CC(NCCc1cccs1)c1ccccc1. The molecule has 84 valence electrons. The molecule has 2 aromatic rings. The molecular formula is C14H17NS. The second-order valence-corrected chi connectivity index (χ2v) is 4.95. The van der Waals surface area contributed by atoms with Crippen LogP contribution in [-0.2, 0) is 6.42 Å². The fourth-order valence-electron chi connectivity index (χ4n) is 1.73. The molecular weight excluding hydrogens is 214 g/mol. The summed E-state index contributed by atoms with van der Waals surface area (Å²) >= 11 is 1.83. The van der Waals surface area contributed by atoms with E-state index in [0.717, 1.165) is 13.0 Å². The van der Waals surface area contributed by atoms with Gasteiger partial charge in [0, 0.05) is 17.5 Å². The Labute approximate surface area is 101 Å². The van der Waals surface area contributed by atoms with Gasteiger partial charge in [-0.15, -0.1) is 11.3 Å². The molecule has 0 amide bonds. The summed E-state index contributed by atoms with van der Waals surface area (Å²) in [6.07, 6.45) is 1.12. The molecule has 0 aliphatic heterocycles. The summed E-state index contributed by atoms with van der Waals surface area (Å²) in [7, 11) is 0. The smallest absolute Gasteiger partial charge is 0.0291 e. The summed E-state index contributed by atoms with van der Waals surface area (Å²) in [6.45, 7) is 3.25. The van der Waals surface area contributed by atoms with Crippen molar-refractivity contribution in [1.29, 1.82) is 0 Å². The second-order valence-electron chi connectivity index (χ2n) is 3.92. The Hall–Kier alpha value is -1.12. The van der Waals surface area contributed by atoms with Crippen LogP contribution in [0, 0.1) is 0 Å². The minimum absolute atomic E-state index is 0.432. The lowest BCUT2D eigenvalue weighted by Crippen LogP contribution is -2.20. The van der Waals surface area contributed by atoms with Crippen LogP contribution >= 0.6 is 11.3 Å². The van der Waals surface area contributed by atoms with Crippen LogP contribution < -0.4 is 5.32 Å². The fourth-order valence-corrected chi connectivity index (χ4v) is 2.44. The summed E-state index contributed by atoms with van der Waals surface area (Å²) in [4.78, 5) is 1.45. The molecule has 1 heterocycles. The highest BCUT2D eigenvalue weighted by Crippen LogP contribution is 2.12. The maximum absolute atomic E-state index is 3.54. The van der Waals surface area contributed by atoms with E-state index >= 15 is 0 Å². The molecule has 0 aliphatic rings. The molecule has 0 radical (unpaired) electrons. The molecule has 0 saturated carbocycles. The zero-order valence-corrected chi connectivity index (χ0v) is 10.3. The summed E-state index contributed by atoms with van der Waals surface area (Å²) in [5.41, 5.74) is 1.36. The lowest BCUT2D eigenvalue weighted by molar-refractivity contribution is 0.578. The van der Waals surface area contributed by atoms with Gasteiger partial charge in [-0.05, 0) is 30.4 Å². The lowest BCUT2D eigenvalue weighted by Gasteiger charge is -2.13. The van der Waals surface area contributed by atoms with E-state index in [1.807, 2.05) is 11.3 Å². The number of rotatable bonds is 5. The summed E-state index contributed by atoms with van der Waals surface area (Å²) < 4.78 is 0. The van der Waals surface area contributed by atoms with Crippen molar-refractivity contribution < 1.29 is 0 Å². The molecule has 0 aliphatic carbocycles. The van der Waals surface area contributed by atoms with Gasteiger partial charge in [-0.2, -0.15) is 0 Å². The zero-order chi connectivity index (χ0) is 11.2. The molecule has 2 rings (SSSR count). The third-order valence-corrected chi connectivity index (χ3v) is 3.64. The quantitative estimate of drug-likeness (QED) is 0.828. The molecule has 1 nitrogen and oxygen atoms in total. The van der Waals surface area contributed by atoms with Crippen LogP contribution in [0.1, 0.15) is 23.4 Å². The summed E-state index contributed by atoms with van der Waals surface area (Å²) in [5.74, 6) is 0. The predicted molar refractivity (Wildman–Crippen MR) is 70.9 cm³/mol. The average molecular weight is 231 g/mol. The minimum Gasteiger partial charge on any atom is -0.310 e. The molecule has 16 heavy (non-hydrogen) atoms. The largest absolute Gasteiger partial charge is 0.310 e. The second kappa shape index (κ2) is 5.83. The van der Waals surface area contributed by atoms with Crippen LogP contribution in [0.4, 0.5) is 0 Å². The Balaban J connectivity index is 1.78. The molecule has 2 heteroatoms. The highest BCUT2D eigenvalue weighted by Gasteiger charge is 2.03. The first kappa shape index (κ1) is 11.4. The molecule has 1 aromatic carbocycles. The molecule has 1 unspecified atom stereocenters. The number of hydrogen-bond donors (Lipinski definition) is 1. The Morgan fingerprint density at radius 2 is 1.94 bits per heavy atom. The summed E-state index contributed by atoms with van der Waals surface area (Å²) in [5, 5.41) is 5.68. The van der Waals surface area contributed by atoms with Gasteiger partial charge in [-0.3, -0.25) is 0 Å². The Morgan fingerprint density at radius 1 is 1.12 bits per heavy atom. The molecule has 0 bridgehead atoms. The van der Waals surface area contributed by atoms with E-state index in [1.165, 1.54) is 10.4 Å². The first-order valence-electron chi connectivity index (χ1n) is 5.67. The molecule has 0 saturated heterocycles. The third-order valence-electron chi connectivity index (χ3n) is 2.70. The van der Waals surface area contributed by atoms with Gasteiger partial charge in [-0.1, -0.05) is 36.4 Å². The lowest BCUT2D eigenvalue weighted by atomic mass is 10.1. The monoisotopic (exact) mass is 231 g/mol. The van der Waals surface area contributed by atoms with Gasteiger partial charge in [0.05, 0.1) is 0 Å². The van der Waals surface area contributed by atoms with Gasteiger partial charge in [0.2, 0.25) is 0 Å². The highest BCUT2D eigenvalue weighted by atomic mass is 32.1. The van der Waals surface area contributed by atoms with E-state index < -0.39 is 0 Å². The topological polar surface area (TPSA) is 12.0 Å². The van der Waals surface area contributed by atoms with Gasteiger partial charge in [0.1, 0.15) is 0 Å². The standard InChI is InChI=1S/C14H17NS/c1-12(13-6-3-2-4-7-13)15-10-9-14-8-5-11-16-14/h2-8,11-12,15H,9-10H2,1H3. The van der Waals surface area contributed by atoms with Crippen LogP contribution in [0.15, 0.2) is 47.8 Å². The van der Waals surface area contributed by atoms with E-state index in [2.05, 4.69) is 60.1 Å². The average Bonchev–Trinajstić information content (AvgIpc) is 2.83. The highest BCUT2D eigenvalue weighted by molar-refractivity contribution is 7.09. The van der Waals surface area contributed by atoms with Crippen molar-refractivity contribution in [3.8, 4) is 0 Å². The van der Waals surface area contributed by atoms with Crippen molar-refractivity contribution in [1.82, 2.24) is 5.32 Å². The van der Waals surface area contributed by atoms with Crippen LogP contribution in [0.5, 0.6) is 0 Å². The van der Waals surface area contributed by atoms with Crippen molar-refractivity contribution in [3.63, 3.8) is 0 Å². The molecule has 1 atom stereocenters. The van der Waals surface area contributed by atoms with Gasteiger partial charge in [0.25, 0.3) is 0 Å². The predicted octanol–water partition coefficient (Wildman–Crippen LogP) is 3.64. The zero-order valence-electron chi connectivity index (χ0n) is 9.52. The maximum atomic E-state index is 3.54. The first-order chi connectivity index (χ1) is 7.86. The van der Waals surface area contributed by atoms with Gasteiger partial charge >= 0.3 is 0 Å². The first-order valence-corrected chi connectivity index (χ1v) is 6.55. The minimum atomic E-state index is 0.432. The Bertz CT molecular complexity index is 394.